The van der Waals surface area contributed by atoms with Crippen molar-refractivity contribution >= 4 is 0 Å². The molecule has 0 saturated heterocycles. The Balaban J connectivity index is 0.000000323. The predicted molar refractivity (Wildman–Crippen MR) is 144 cm³/mol. The Morgan fingerprint density at radius 1 is 0.594 bits per heavy atom. The molecule has 0 fully saturated rings. The van der Waals surface area contributed by atoms with Gasteiger partial charge in [-0.1, -0.05) is 94.4 Å². The molecule has 0 aromatic heterocycles. The molecular formula is C31H50O. The molecule has 180 valence electrons. The lowest BCUT2D eigenvalue weighted by Gasteiger charge is -2.29. The molecule has 0 saturated carbocycles. The minimum atomic E-state index is 0.00583. The molecule has 1 heteroatoms. The topological polar surface area (TPSA) is 20.2 Å². The first-order chi connectivity index (χ1) is 14.4. The molecule has 32 heavy (non-hydrogen) atoms. The van der Waals surface area contributed by atoms with E-state index in [1.807, 2.05) is 6.92 Å². The molecule has 0 unspecified atom stereocenters. The molecule has 2 aromatic carbocycles. The van der Waals surface area contributed by atoms with Gasteiger partial charge in [-0.3, -0.25) is 0 Å². The van der Waals surface area contributed by atoms with Crippen molar-refractivity contribution in [1.29, 1.82) is 0 Å². The van der Waals surface area contributed by atoms with Gasteiger partial charge < -0.3 is 5.11 Å². The fourth-order valence-corrected chi connectivity index (χ4v) is 4.66. The molecule has 0 aliphatic carbocycles. The summed E-state index contributed by atoms with van der Waals surface area (Å²) in [5.41, 5.74) is 11.1. The van der Waals surface area contributed by atoms with E-state index in [9.17, 15) is 5.11 Å². The van der Waals surface area contributed by atoms with Crippen molar-refractivity contribution in [2.45, 2.75) is 126 Å². The molecular weight excluding hydrogens is 388 g/mol. The highest BCUT2D eigenvalue weighted by Crippen LogP contribution is 2.37. The molecule has 1 N–H and O–H groups in total. The van der Waals surface area contributed by atoms with Crippen LogP contribution in [0.4, 0.5) is 0 Å². The number of aryl methyl sites for hydroxylation is 2. The zero-order valence-electron chi connectivity index (χ0n) is 23.6. The molecule has 2 rings (SSSR count). The van der Waals surface area contributed by atoms with Crippen molar-refractivity contribution in [2.75, 3.05) is 0 Å². The average molecular weight is 439 g/mol. The van der Waals surface area contributed by atoms with Crippen LogP contribution in [0.2, 0.25) is 0 Å². The van der Waals surface area contributed by atoms with E-state index in [0.29, 0.717) is 5.75 Å². The Morgan fingerprint density at radius 3 is 1.31 bits per heavy atom. The van der Waals surface area contributed by atoms with Crippen molar-refractivity contribution in [3.05, 3.63) is 62.7 Å². The lowest BCUT2D eigenvalue weighted by molar-refractivity contribution is 0.441. The Hall–Kier alpha value is -1.76. The molecule has 1 nitrogen and oxygen atoms in total. The maximum Gasteiger partial charge on any atom is 0.122 e. The van der Waals surface area contributed by atoms with E-state index in [0.717, 1.165) is 24.0 Å². The van der Waals surface area contributed by atoms with E-state index in [1.165, 1.54) is 33.4 Å². The van der Waals surface area contributed by atoms with Crippen LogP contribution in [-0.4, -0.2) is 5.11 Å². The summed E-state index contributed by atoms with van der Waals surface area (Å²) in [7, 11) is 0. The molecule has 0 amide bonds. The van der Waals surface area contributed by atoms with Crippen molar-refractivity contribution in [3.63, 3.8) is 0 Å². The maximum absolute atomic E-state index is 10.2. The van der Waals surface area contributed by atoms with Crippen LogP contribution in [-0.2, 0) is 29.1 Å². The van der Waals surface area contributed by atoms with Crippen LogP contribution >= 0.6 is 0 Å². The molecule has 0 heterocycles. The van der Waals surface area contributed by atoms with Crippen molar-refractivity contribution in [1.82, 2.24) is 0 Å². The summed E-state index contributed by atoms with van der Waals surface area (Å²) < 4.78 is 0. The Bertz CT molecular complexity index is 890. The first-order valence-electron chi connectivity index (χ1n) is 12.3. The van der Waals surface area contributed by atoms with Crippen molar-refractivity contribution in [2.24, 2.45) is 0 Å². The van der Waals surface area contributed by atoms with Gasteiger partial charge in [0.2, 0.25) is 0 Å². The van der Waals surface area contributed by atoms with Crippen LogP contribution in [0.1, 0.15) is 121 Å². The largest absolute Gasteiger partial charge is 0.507 e. The lowest BCUT2D eigenvalue weighted by Crippen LogP contribution is -2.20. The van der Waals surface area contributed by atoms with Gasteiger partial charge in [0.05, 0.1) is 0 Å². The minimum Gasteiger partial charge on any atom is -0.507 e. The predicted octanol–water partition coefficient (Wildman–Crippen LogP) is 9.02. The first-order valence-corrected chi connectivity index (χ1v) is 12.3. The fourth-order valence-electron chi connectivity index (χ4n) is 4.66. The number of benzene rings is 2. The standard InChI is InChI=1S/C17H28.C14H22O/c1-9-13-10-14(16(3,4)5)12(2)15(11-13)17(6,7)8;1-7-11-9(2)8-12(14(4,5)6)13(15)10(11)3/h10-11H,9H2,1-8H3;8,15H,7H2,1-6H3. The number of aromatic hydroxyl groups is 1. The fraction of sp³-hybridized carbons (Fsp3) is 0.613. The van der Waals surface area contributed by atoms with Crippen molar-refractivity contribution in [3.8, 4) is 5.75 Å². The van der Waals surface area contributed by atoms with Gasteiger partial charge in [0, 0.05) is 0 Å². The van der Waals surface area contributed by atoms with E-state index in [-0.39, 0.29) is 16.2 Å². The van der Waals surface area contributed by atoms with Crippen LogP contribution in [0.15, 0.2) is 18.2 Å². The second-order valence-electron chi connectivity index (χ2n) is 12.5. The van der Waals surface area contributed by atoms with Gasteiger partial charge in [-0.05, 0) is 94.4 Å². The smallest absolute Gasteiger partial charge is 0.122 e. The summed E-state index contributed by atoms with van der Waals surface area (Å²) in [4.78, 5) is 0. The quantitative estimate of drug-likeness (QED) is 0.496. The van der Waals surface area contributed by atoms with E-state index in [4.69, 9.17) is 0 Å². The molecule has 2 aromatic rings. The molecule has 0 spiro atoms. The molecule has 0 bridgehead atoms. The van der Waals surface area contributed by atoms with Gasteiger partial charge in [0.25, 0.3) is 0 Å². The van der Waals surface area contributed by atoms with Crippen LogP contribution < -0.4 is 0 Å². The highest BCUT2D eigenvalue weighted by atomic mass is 16.3. The lowest BCUT2D eigenvalue weighted by atomic mass is 9.75. The van der Waals surface area contributed by atoms with Crippen LogP contribution in [0.3, 0.4) is 0 Å². The third-order valence-corrected chi connectivity index (χ3v) is 6.55. The second-order valence-corrected chi connectivity index (χ2v) is 12.5. The van der Waals surface area contributed by atoms with Gasteiger partial charge in [-0.2, -0.15) is 0 Å². The van der Waals surface area contributed by atoms with E-state index >= 15 is 0 Å². The number of rotatable bonds is 2. The number of hydrogen-bond donors (Lipinski definition) is 1. The minimum absolute atomic E-state index is 0.00583. The van der Waals surface area contributed by atoms with Crippen LogP contribution in [0, 0.1) is 20.8 Å². The second kappa shape index (κ2) is 10.0. The van der Waals surface area contributed by atoms with Gasteiger partial charge in [0.15, 0.2) is 0 Å². The average Bonchev–Trinajstić information content (AvgIpc) is 2.63. The third kappa shape index (κ3) is 6.63. The Morgan fingerprint density at radius 2 is 1.00 bits per heavy atom. The summed E-state index contributed by atoms with van der Waals surface area (Å²) in [6, 6.07) is 6.91. The van der Waals surface area contributed by atoms with Gasteiger partial charge in [-0.15, -0.1) is 0 Å². The number of phenols is 1. The van der Waals surface area contributed by atoms with Crippen LogP contribution in [0.25, 0.3) is 0 Å². The number of phenolic OH excluding ortho intramolecular Hbond substituents is 1. The molecule has 0 aliphatic rings. The van der Waals surface area contributed by atoms with Crippen molar-refractivity contribution < 1.29 is 5.11 Å². The van der Waals surface area contributed by atoms with Gasteiger partial charge >= 0.3 is 0 Å². The number of hydrogen-bond acceptors (Lipinski definition) is 1. The van der Waals surface area contributed by atoms with E-state index in [2.05, 4.69) is 108 Å². The zero-order valence-corrected chi connectivity index (χ0v) is 23.6. The summed E-state index contributed by atoms with van der Waals surface area (Å²) >= 11 is 0. The summed E-state index contributed by atoms with van der Waals surface area (Å²) in [5, 5.41) is 10.2. The third-order valence-electron chi connectivity index (χ3n) is 6.55. The summed E-state index contributed by atoms with van der Waals surface area (Å²) in [5.74, 6) is 0.477. The van der Waals surface area contributed by atoms with Gasteiger partial charge in [-0.25, -0.2) is 0 Å². The molecule has 0 atom stereocenters. The summed E-state index contributed by atoms with van der Waals surface area (Å²) in [6.45, 7) is 31.0. The first kappa shape index (κ1) is 28.3. The zero-order chi connectivity index (χ0) is 25.2. The van der Waals surface area contributed by atoms with Crippen LogP contribution in [0.5, 0.6) is 5.75 Å². The Labute approximate surface area is 199 Å². The molecule has 0 radical (unpaired) electrons. The molecule has 0 aliphatic heterocycles. The normalized spacial score (nSPS) is 12.4. The summed E-state index contributed by atoms with van der Waals surface area (Å²) in [6.07, 6.45) is 2.10. The highest BCUT2D eigenvalue weighted by molar-refractivity contribution is 5.51. The van der Waals surface area contributed by atoms with Gasteiger partial charge in [0.1, 0.15) is 5.75 Å². The maximum atomic E-state index is 10.2. The SMILES string of the molecule is CCc1c(C)cc(C(C)(C)C)c(O)c1C.CCc1cc(C(C)(C)C)c(C)c(C(C)(C)C)c1. The Kier molecular flexibility index (Phi) is 8.85. The van der Waals surface area contributed by atoms with E-state index < -0.39 is 0 Å². The monoisotopic (exact) mass is 438 g/mol. The highest BCUT2D eigenvalue weighted by Gasteiger charge is 2.24. The van der Waals surface area contributed by atoms with E-state index in [1.54, 1.807) is 0 Å².